The third-order valence-corrected chi connectivity index (χ3v) is 11.4. The Morgan fingerprint density at radius 3 is 2.54 bits per heavy atom. The number of hydrogen-bond acceptors (Lipinski definition) is 11. The fourth-order valence-electron chi connectivity index (χ4n) is 8.29. The second-order valence-corrected chi connectivity index (χ2v) is 14.9. The van der Waals surface area contributed by atoms with Crippen LogP contribution in [-0.4, -0.2) is 97.2 Å². The average Bonchev–Trinajstić information content (AvgIpc) is 4.02. The highest BCUT2D eigenvalue weighted by atomic mass is 16.7. The van der Waals surface area contributed by atoms with E-state index in [2.05, 4.69) is 45.0 Å². The van der Waals surface area contributed by atoms with Gasteiger partial charge in [-0.2, -0.15) is 15.2 Å². The maximum atomic E-state index is 13.4. The molecule has 3 fully saturated rings. The molecule has 12 nitrogen and oxygen atoms in total. The van der Waals surface area contributed by atoms with Crippen LogP contribution >= 0.6 is 0 Å². The first-order chi connectivity index (χ1) is 26.5. The predicted octanol–water partition coefficient (Wildman–Crippen LogP) is 6.31. The van der Waals surface area contributed by atoms with Crippen molar-refractivity contribution in [3.8, 4) is 17.8 Å². The SMILES string of the molecule is COCOc1cc(N2CCc3c(nc(OCC4(N5CCCCC5)CC4)nc3N3CCN(C(=O)OCc4ccccc4)[C@@H](CC#N)C3)C2)c2ccccc2c1. The van der Waals surface area contributed by atoms with Gasteiger partial charge in [-0.15, -0.1) is 0 Å². The number of likely N-dealkylation sites (tertiary alicyclic amines) is 1. The number of methoxy groups -OCH3 is 1. The van der Waals surface area contributed by atoms with Gasteiger partial charge in [-0.1, -0.05) is 61.0 Å². The van der Waals surface area contributed by atoms with Crippen molar-refractivity contribution >= 4 is 28.4 Å². The van der Waals surface area contributed by atoms with Crippen LogP contribution in [0.1, 0.15) is 55.3 Å². The first-order valence-electron chi connectivity index (χ1n) is 19.3. The molecule has 0 radical (unpaired) electrons. The Kier molecular flexibility index (Phi) is 10.7. The summed E-state index contributed by atoms with van der Waals surface area (Å²) < 4.78 is 23.4. The first-order valence-corrected chi connectivity index (χ1v) is 19.3. The van der Waals surface area contributed by atoms with E-state index in [0.29, 0.717) is 38.8 Å². The second-order valence-electron chi connectivity index (χ2n) is 14.9. The van der Waals surface area contributed by atoms with E-state index in [1.165, 1.54) is 19.3 Å². The molecular formula is C42H49N7O5. The Morgan fingerprint density at radius 1 is 0.926 bits per heavy atom. The molecule has 0 spiro atoms. The Labute approximate surface area is 317 Å². The van der Waals surface area contributed by atoms with E-state index in [9.17, 15) is 10.1 Å². The van der Waals surface area contributed by atoms with E-state index in [4.69, 9.17) is 28.9 Å². The molecule has 1 aromatic heterocycles. The van der Waals surface area contributed by atoms with Crippen LogP contribution < -0.4 is 19.3 Å². The minimum Gasteiger partial charge on any atom is -0.467 e. The number of hydrogen-bond donors (Lipinski definition) is 0. The molecular weight excluding hydrogens is 683 g/mol. The van der Waals surface area contributed by atoms with Crippen molar-refractivity contribution in [1.29, 1.82) is 5.26 Å². The zero-order valence-electron chi connectivity index (χ0n) is 31.1. The lowest BCUT2D eigenvalue weighted by molar-refractivity contribution is 0.0512. The van der Waals surface area contributed by atoms with Crippen LogP contribution in [-0.2, 0) is 29.0 Å². The van der Waals surface area contributed by atoms with Crippen molar-refractivity contribution in [3.63, 3.8) is 0 Å². The summed E-state index contributed by atoms with van der Waals surface area (Å²) in [6.45, 7) is 5.92. The highest BCUT2D eigenvalue weighted by Gasteiger charge is 2.49. The zero-order valence-corrected chi connectivity index (χ0v) is 31.1. The summed E-state index contributed by atoms with van der Waals surface area (Å²) in [4.78, 5) is 32.5. The number of aromatic nitrogens is 2. The number of fused-ring (bicyclic) bond motifs is 2. The molecule has 1 aliphatic carbocycles. The fraction of sp³-hybridized carbons (Fsp3) is 0.476. The van der Waals surface area contributed by atoms with Crippen molar-refractivity contribution in [2.45, 2.75) is 69.7 Å². The summed E-state index contributed by atoms with van der Waals surface area (Å²) in [5.74, 6) is 1.58. The molecule has 54 heavy (non-hydrogen) atoms. The number of piperidine rings is 1. The van der Waals surface area contributed by atoms with Gasteiger partial charge in [-0.25, -0.2) is 4.79 Å². The minimum atomic E-state index is -0.403. The van der Waals surface area contributed by atoms with Crippen LogP contribution in [0.2, 0.25) is 0 Å². The highest BCUT2D eigenvalue weighted by molar-refractivity contribution is 5.95. The van der Waals surface area contributed by atoms with Gasteiger partial charge in [0, 0.05) is 56.0 Å². The lowest BCUT2D eigenvalue weighted by Crippen LogP contribution is -2.55. The summed E-state index contributed by atoms with van der Waals surface area (Å²) in [6, 6.07) is 24.5. The van der Waals surface area contributed by atoms with Gasteiger partial charge in [0.25, 0.3) is 0 Å². The third-order valence-electron chi connectivity index (χ3n) is 11.4. The van der Waals surface area contributed by atoms with Crippen LogP contribution in [0.4, 0.5) is 16.3 Å². The molecule has 1 amide bonds. The molecule has 4 aliphatic rings. The molecule has 8 rings (SSSR count). The molecule has 282 valence electrons. The summed E-state index contributed by atoms with van der Waals surface area (Å²) in [5.41, 5.74) is 4.08. The summed E-state index contributed by atoms with van der Waals surface area (Å²) in [5, 5.41) is 12.1. The van der Waals surface area contributed by atoms with Crippen molar-refractivity contribution in [3.05, 3.63) is 83.6 Å². The summed E-state index contributed by atoms with van der Waals surface area (Å²) in [6.07, 6.45) is 6.54. The Bertz CT molecular complexity index is 1980. The average molecular weight is 732 g/mol. The number of rotatable bonds is 12. The molecule has 1 saturated carbocycles. The van der Waals surface area contributed by atoms with E-state index in [1.807, 2.05) is 42.5 Å². The van der Waals surface area contributed by atoms with Crippen LogP contribution in [0.15, 0.2) is 66.7 Å². The van der Waals surface area contributed by atoms with E-state index >= 15 is 0 Å². The van der Waals surface area contributed by atoms with Crippen LogP contribution in [0.5, 0.6) is 11.8 Å². The number of amides is 1. The molecule has 0 unspecified atom stereocenters. The van der Waals surface area contributed by atoms with Gasteiger partial charge >= 0.3 is 12.1 Å². The molecule has 1 atom stereocenters. The molecule has 4 aromatic rings. The number of carbonyl (C=O) groups excluding carboxylic acids is 1. The number of benzene rings is 3. The fourth-order valence-corrected chi connectivity index (χ4v) is 8.29. The summed E-state index contributed by atoms with van der Waals surface area (Å²) >= 11 is 0. The van der Waals surface area contributed by atoms with Gasteiger partial charge in [-0.05, 0) is 62.2 Å². The van der Waals surface area contributed by atoms with Gasteiger partial charge in [0.1, 0.15) is 24.8 Å². The quantitative estimate of drug-likeness (QED) is 0.153. The standard InChI is InChI=1S/C42H49N7O5/c1-51-30-54-34-24-32-12-6-7-13-35(32)38(25-34)46-21-15-36-37(27-46)44-40(53-29-42(16-17-42)48-19-8-3-9-20-48)45-39(36)47-22-23-49(33(26-47)14-18-43)41(50)52-28-31-10-4-2-5-11-31/h2,4-7,10-13,24-25,33H,3,8-9,14-17,19-23,26-30H2,1H3/t33-/m0/s1. The zero-order chi connectivity index (χ0) is 36.9. The number of ether oxygens (including phenoxy) is 4. The lowest BCUT2D eigenvalue weighted by atomic mass is 10.0. The van der Waals surface area contributed by atoms with Crippen molar-refractivity contribution in [2.24, 2.45) is 0 Å². The Hall–Kier alpha value is -5.12. The highest BCUT2D eigenvalue weighted by Crippen LogP contribution is 2.44. The van der Waals surface area contributed by atoms with Gasteiger partial charge in [0.05, 0.1) is 36.3 Å². The molecule has 2 saturated heterocycles. The monoisotopic (exact) mass is 731 g/mol. The summed E-state index contributed by atoms with van der Waals surface area (Å²) in [7, 11) is 1.62. The van der Waals surface area contributed by atoms with E-state index in [-0.39, 0.29) is 31.4 Å². The Morgan fingerprint density at radius 2 is 1.74 bits per heavy atom. The van der Waals surface area contributed by atoms with Crippen LogP contribution in [0.25, 0.3) is 10.8 Å². The van der Waals surface area contributed by atoms with Crippen molar-refractivity contribution in [2.75, 3.05) is 69.6 Å². The number of piperazine rings is 1. The van der Waals surface area contributed by atoms with E-state index < -0.39 is 6.09 Å². The van der Waals surface area contributed by atoms with Crippen LogP contribution in [0.3, 0.4) is 0 Å². The normalized spacial score (nSPS) is 19.6. The molecule has 4 heterocycles. The third kappa shape index (κ3) is 7.74. The number of nitriles is 1. The largest absolute Gasteiger partial charge is 0.467 e. The van der Waals surface area contributed by atoms with E-state index in [1.54, 1.807) is 12.0 Å². The molecule has 3 aromatic carbocycles. The van der Waals surface area contributed by atoms with Gasteiger partial charge in [-0.3, -0.25) is 4.90 Å². The minimum absolute atomic E-state index is 0.0665. The molecule has 0 N–H and O–H groups in total. The number of carbonyl (C=O) groups is 1. The number of anilines is 2. The number of nitrogens with zero attached hydrogens (tertiary/aromatic N) is 7. The molecule has 3 aliphatic heterocycles. The smallest absolute Gasteiger partial charge is 0.410 e. The molecule has 0 bridgehead atoms. The predicted molar refractivity (Wildman–Crippen MR) is 206 cm³/mol. The van der Waals surface area contributed by atoms with Crippen LogP contribution in [0, 0.1) is 11.3 Å². The van der Waals surface area contributed by atoms with Crippen molar-refractivity contribution in [1.82, 2.24) is 19.8 Å². The lowest BCUT2D eigenvalue weighted by Gasteiger charge is -2.42. The Balaban J connectivity index is 1.07. The maximum absolute atomic E-state index is 13.4. The van der Waals surface area contributed by atoms with Gasteiger partial charge in [0.2, 0.25) is 0 Å². The van der Waals surface area contributed by atoms with Gasteiger partial charge in [0.15, 0.2) is 6.79 Å². The van der Waals surface area contributed by atoms with E-state index in [0.717, 1.165) is 83.7 Å². The topological polar surface area (TPSA) is 117 Å². The second kappa shape index (κ2) is 16.1. The first kappa shape index (κ1) is 35.9. The maximum Gasteiger partial charge on any atom is 0.410 e. The van der Waals surface area contributed by atoms with Gasteiger partial charge < -0.3 is 33.6 Å². The van der Waals surface area contributed by atoms with Crippen molar-refractivity contribution < 1.29 is 23.7 Å². The molecule has 12 heteroatoms.